The zero-order chi connectivity index (χ0) is 24.4. The molecule has 5 nitrogen and oxygen atoms in total. The number of hydrogen-bond acceptors (Lipinski definition) is 3. The Morgan fingerprint density at radius 1 is 0.800 bits per heavy atom. The van der Waals surface area contributed by atoms with Crippen molar-refractivity contribution in [2.45, 2.75) is 19.5 Å². The number of rotatable bonds is 7. The second kappa shape index (κ2) is 10.1. The molecule has 1 unspecified atom stereocenters. The summed E-state index contributed by atoms with van der Waals surface area (Å²) >= 11 is 0. The highest BCUT2D eigenvalue weighted by molar-refractivity contribution is 5.74. The molecule has 1 aliphatic heterocycles. The molecule has 182 valence electrons. The van der Waals surface area contributed by atoms with Crippen molar-refractivity contribution < 1.29 is 8.78 Å². The van der Waals surface area contributed by atoms with Crippen LogP contribution < -0.4 is 5.69 Å². The van der Waals surface area contributed by atoms with Crippen LogP contribution in [0.2, 0.25) is 0 Å². The Balaban J connectivity index is 1.25. The number of benzene rings is 3. The highest BCUT2D eigenvalue weighted by Crippen LogP contribution is 2.30. The van der Waals surface area contributed by atoms with Crippen LogP contribution in [0.25, 0.3) is 11.0 Å². The fourth-order valence-corrected chi connectivity index (χ4v) is 5.21. The van der Waals surface area contributed by atoms with E-state index < -0.39 is 0 Å². The maximum Gasteiger partial charge on any atom is 0.326 e. The lowest BCUT2D eigenvalue weighted by Gasteiger charge is -2.40. The molecule has 1 N–H and O–H groups in total. The average molecular weight is 477 g/mol. The summed E-state index contributed by atoms with van der Waals surface area (Å²) in [5.41, 5.74) is 3.74. The topological polar surface area (TPSA) is 44.3 Å². The normalized spacial score (nSPS) is 16.2. The second-order valence-corrected chi connectivity index (χ2v) is 9.51. The van der Waals surface area contributed by atoms with Gasteiger partial charge in [0.05, 0.1) is 17.1 Å². The third-order valence-corrected chi connectivity index (χ3v) is 6.89. The summed E-state index contributed by atoms with van der Waals surface area (Å²) in [5, 5.41) is 0. The van der Waals surface area contributed by atoms with Gasteiger partial charge in [-0.3, -0.25) is 9.47 Å². The molecule has 35 heavy (non-hydrogen) atoms. The van der Waals surface area contributed by atoms with Crippen LogP contribution in [0.15, 0.2) is 77.6 Å². The van der Waals surface area contributed by atoms with Crippen molar-refractivity contribution in [3.63, 3.8) is 0 Å². The average Bonchev–Trinajstić information content (AvgIpc) is 3.17. The largest absolute Gasteiger partial charge is 0.326 e. The molecule has 1 atom stereocenters. The first-order chi connectivity index (χ1) is 17.0. The quantitative estimate of drug-likeness (QED) is 0.422. The van der Waals surface area contributed by atoms with Gasteiger partial charge < -0.3 is 9.88 Å². The molecule has 1 aliphatic rings. The van der Waals surface area contributed by atoms with E-state index in [1.165, 1.54) is 24.3 Å². The van der Waals surface area contributed by atoms with Gasteiger partial charge in [0.1, 0.15) is 11.6 Å². The van der Waals surface area contributed by atoms with E-state index in [0.29, 0.717) is 12.5 Å². The summed E-state index contributed by atoms with van der Waals surface area (Å²) in [4.78, 5) is 20.2. The van der Waals surface area contributed by atoms with E-state index in [2.05, 4.69) is 21.7 Å². The second-order valence-electron chi connectivity index (χ2n) is 9.51. The van der Waals surface area contributed by atoms with Crippen molar-refractivity contribution in [2.24, 2.45) is 5.92 Å². The smallest absolute Gasteiger partial charge is 0.306 e. The highest BCUT2D eigenvalue weighted by atomic mass is 19.1. The molecule has 0 aliphatic carbocycles. The van der Waals surface area contributed by atoms with Gasteiger partial charge in [0, 0.05) is 39.3 Å². The number of halogens is 2. The summed E-state index contributed by atoms with van der Waals surface area (Å²) in [7, 11) is 0. The number of aromatic amines is 1. The Bertz CT molecular complexity index is 1280. The molecule has 0 radical (unpaired) electrons. The lowest BCUT2D eigenvalue weighted by atomic mass is 9.96. The standard InChI is InChI=1S/C28H30F2N4O/c1-20(19-34-26-5-3-2-4-25(26)31-28(34)35)18-32-14-16-33(17-15-32)27(21-6-10-23(29)11-7-21)22-8-12-24(30)13-9-22/h2-13,20,27H,14-19H2,1H3,(H,31,35). The van der Waals surface area contributed by atoms with Crippen LogP contribution in [0, 0.1) is 17.6 Å². The molecular weight excluding hydrogens is 446 g/mol. The van der Waals surface area contributed by atoms with Crippen LogP contribution in [0.1, 0.15) is 24.1 Å². The van der Waals surface area contributed by atoms with Crippen LogP contribution in [-0.2, 0) is 6.54 Å². The maximum atomic E-state index is 13.6. The number of H-pyrrole nitrogens is 1. The van der Waals surface area contributed by atoms with Gasteiger partial charge in [-0.2, -0.15) is 0 Å². The first-order valence-electron chi connectivity index (χ1n) is 12.1. The van der Waals surface area contributed by atoms with Crippen molar-refractivity contribution in [3.05, 3.63) is 106 Å². The Kier molecular flexibility index (Phi) is 6.79. The van der Waals surface area contributed by atoms with Crippen LogP contribution >= 0.6 is 0 Å². The molecule has 1 fully saturated rings. The number of nitrogens with zero attached hydrogens (tertiary/aromatic N) is 3. The molecule has 0 spiro atoms. The predicted molar refractivity (Wildman–Crippen MR) is 134 cm³/mol. The van der Waals surface area contributed by atoms with Gasteiger partial charge in [0.2, 0.25) is 0 Å². The molecule has 2 heterocycles. The monoisotopic (exact) mass is 476 g/mol. The summed E-state index contributed by atoms with van der Waals surface area (Å²) in [6.07, 6.45) is 0. The molecule has 3 aromatic carbocycles. The number of imidazole rings is 1. The molecule has 1 saturated heterocycles. The lowest BCUT2D eigenvalue weighted by molar-refractivity contribution is 0.0972. The fourth-order valence-electron chi connectivity index (χ4n) is 5.21. The van der Waals surface area contributed by atoms with E-state index in [-0.39, 0.29) is 23.4 Å². The van der Waals surface area contributed by atoms with Crippen LogP contribution in [0.3, 0.4) is 0 Å². The molecular formula is C28H30F2N4O. The molecule has 4 aromatic rings. The number of fused-ring (bicyclic) bond motifs is 1. The van der Waals surface area contributed by atoms with Gasteiger partial charge in [-0.1, -0.05) is 43.3 Å². The van der Waals surface area contributed by atoms with Crippen molar-refractivity contribution in [1.29, 1.82) is 0 Å². The SMILES string of the molecule is CC(CN1CCN(C(c2ccc(F)cc2)c2ccc(F)cc2)CC1)Cn1c(=O)[nH]c2ccccc21. The molecule has 0 amide bonds. The van der Waals surface area contributed by atoms with E-state index in [9.17, 15) is 13.6 Å². The van der Waals surface area contributed by atoms with Gasteiger partial charge in [-0.25, -0.2) is 13.6 Å². The number of piperazine rings is 1. The molecule has 1 aromatic heterocycles. The molecule has 7 heteroatoms. The first kappa shape index (κ1) is 23.5. The van der Waals surface area contributed by atoms with Crippen LogP contribution in [0.4, 0.5) is 8.78 Å². The highest BCUT2D eigenvalue weighted by Gasteiger charge is 2.27. The van der Waals surface area contributed by atoms with E-state index in [0.717, 1.165) is 54.9 Å². The Morgan fingerprint density at radius 2 is 1.37 bits per heavy atom. The Morgan fingerprint density at radius 3 is 1.97 bits per heavy atom. The van der Waals surface area contributed by atoms with E-state index in [1.807, 2.05) is 53.1 Å². The zero-order valence-corrected chi connectivity index (χ0v) is 19.8. The minimum Gasteiger partial charge on any atom is -0.306 e. The van der Waals surface area contributed by atoms with Crippen molar-refractivity contribution in [1.82, 2.24) is 19.4 Å². The lowest BCUT2D eigenvalue weighted by Crippen LogP contribution is -2.49. The minimum absolute atomic E-state index is 0.0550. The van der Waals surface area contributed by atoms with Gasteiger partial charge in [-0.05, 0) is 53.4 Å². The van der Waals surface area contributed by atoms with Crippen LogP contribution in [0.5, 0.6) is 0 Å². The maximum absolute atomic E-state index is 13.6. The van der Waals surface area contributed by atoms with Gasteiger partial charge in [0.25, 0.3) is 0 Å². The third-order valence-electron chi connectivity index (χ3n) is 6.89. The Labute approximate surface area is 203 Å². The van der Waals surface area contributed by atoms with Gasteiger partial charge in [0.15, 0.2) is 0 Å². The first-order valence-corrected chi connectivity index (χ1v) is 12.1. The summed E-state index contributed by atoms with van der Waals surface area (Å²) in [5.74, 6) is -0.220. The molecule has 0 saturated carbocycles. The number of aromatic nitrogens is 2. The summed E-state index contributed by atoms with van der Waals surface area (Å²) < 4.78 is 29.0. The number of para-hydroxylation sites is 2. The van der Waals surface area contributed by atoms with E-state index in [4.69, 9.17) is 0 Å². The van der Waals surface area contributed by atoms with Gasteiger partial charge in [-0.15, -0.1) is 0 Å². The fraction of sp³-hybridized carbons (Fsp3) is 0.321. The van der Waals surface area contributed by atoms with Crippen molar-refractivity contribution in [2.75, 3.05) is 32.7 Å². The van der Waals surface area contributed by atoms with E-state index >= 15 is 0 Å². The van der Waals surface area contributed by atoms with Crippen LogP contribution in [-0.4, -0.2) is 52.1 Å². The summed E-state index contributed by atoms with van der Waals surface area (Å²) in [6, 6.07) is 20.9. The predicted octanol–water partition coefficient (Wildman–Crippen LogP) is 4.65. The molecule has 5 rings (SSSR count). The molecule has 0 bridgehead atoms. The van der Waals surface area contributed by atoms with Gasteiger partial charge >= 0.3 is 5.69 Å². The van der Waals surface area contributed by atoms with Crippen molar-refractivity contribution in [3.8, 4) is 0 Å². The minimum atomic E-state index is -0.264. The van der Waals surface area contributed by atoms with E-state index in [1.54, 1.807) is 0 Å². The number of hydrogen-bond donors (Lipinski definition) is 1. The van der Waals surface area contributed by atoms with Crippen molar-refractivity contribution >= 4 is 11.0 Å². The summed E-state index contributed by atoms with van der Waals surface area (Å²) in [6.45, 7) is 7.23. The number of nitrogens with one attached hydrogen (secondary N) is 1. The zero-order valence-electron chi connectivity index (χ0n) is 19.8. The third kappa shape index (κ3) is 5.21. The Hall–Kier alpha value is -3.29.